The molecule has 31 heavy (non-hydrogen) atoms. The molecule has 0 aromatic rings. The van der Waals surface area contributed by atoms with Gasteiger partial charge in [0.05, 0.1) is 16.9 Å². The zero-order valence-corrected chi connectivity index (χ0v) is 17.7. The molecule has 1 amide bonds. The minimum absolute atomic E-state index is 0.0271. The van der Waals surface area contributed by atoms with Crippen LogP contribution >= 0.6 is 0 Å². The largest absolute Gasteiger partial charge is 0.444 e. The third-order valence-corrected chi connectivity index (χ3v) is 5.53. The number of piperidine rings is 1. The lowest BCUT2D eigenvalue weighted by Gasteiger charge is -2.42. The number of nitro groups is 1. The summed E-state index contributed by atoms with van der Waals surface area (Å²) in [5.41, 5.74) is -0.0267. The number of hydrogen-bond acceptors (Lipinski definition) is 7. The highest BCUT2D eigenvalue weighted by molar-refractivity contribution is 5.68. The van der Waals surface area contributed by atoms with Gasteiger partial charge in [0.15, 0.2) is 0 Å². The number of alkyl halides is 3. The molecule has 2 aliphatic heterocycles. The fraction of sp³-hybridized carbons (Fsp3) is 0.737. The van der Waals surface area contributed by atoms with Gasteiger partial charge < -0.3 is 15.0 Å². The Balaban J connectivity index is 1.93. The minimum atomic E-state index is -4.54. The van der Waals surface area contributed by atoms with E-state index in [0.717, 1.165) is 5.06 Å². The smallest absolute Gasteiger partial charge is 0.407 e. The normalized spacial score (nSPS) is 25.0. The zero-order chi connectivity index (χ0) is 23.1. The van der Waals surface area contributed by atoms with Crippen molar-refractivity contribution in [2.24, 2.45) is 5.92 Å². The van der Waals surface area contributed by atoms with Gasteiger partial charge in [0.25, 0.3) is 5.70 Å². The molecule has 1 fully saturated rings. The van der Waals surface area contributed by atoms with E-state index in [-0.39, 0.29) is 24.4 Å². The van der Waals surface area contributed by atoms with E-state index in [0.29, 0.717) is 30.5 Å². The van der Waals surface area contributed by atoms with Crippen LogP contribution in [0, 0.1) is 16.0 Å². The lowest BCUT2D eigenvalue weighted by molar-refractivity contribution is -0.433. The van der Waals surface area contributed by atoms with Crippen LogP contribution < -0.4 is 5.32 Å². The van der Waals surface area contributed by atoms with Crippen molar-refractivity contribution in [3.8, 4) is 0 Å². The van der Waals surface area contributed by atoms with E-state index in [1.165, 1.54) is 4.90 Å². The average molecular weight is 448 g/mol. The highest BCUT2D eigenvalue weighted by Crippen LogP contribution is 2.42. The predicted octanol–water partition coefficient (Wildman–Crippen LogP) is 3.40. The number of halogens is 3. The Kier molecular flexibility index (Phi) is 6.14. The summed E-state index contributed by atoms with van der Waals surface area (Å²) in [7, 11) is 0. The van der Waals surface area contributed by atoms with Crippen LogP contribution in [-0.4, -0.2) is 63.6 Å². The quantitative estimate of drug-likeness (QED) is 0.503. The standard InChI is InChI=1S/C19H27F3N4O5/c1-18(2,3)31-17(27)23-12-7-11(19(20,21)22)8-24(9-12)16-13-5-4-6-14(13)25(28)10-15(16)26(29)30/h11-12,28H,4-10H2,1-3H3,(H,23,27). The second kappa shape index (κ2) is 8.21. The number of alkyl carbamates (subject to hydrolysis) is 1. The van der Waals surface area contributed by atoms with Crippen molar-refractivity contribution in [2.45, 2.75) is 64.3 Å². The molecule has 1 aliphatic carbocycles. The average Bonchev–Trinajstić information content (AvgIpc) is 3.08. The molecule has 2 N–H and O–H groups in total. The minimum Gasteiger partial charge on any atom is -0.444 e. The predicted molar refractivity (Wildman–Crippen MR) is 102 cm³/mol. The van der Waals surface area contributed by atoms with Crippen LogP contribution in [0.3, 0.4) is 0 Å². The topological polar surface area (TPSA) is 108 Å². The van der Waals surface area contributed by atoms with Crippen LogP contribution in [0.2, 0.25) is 0 Å². The van der Waals surface area contributed by atoms with Crippen molar-refractivity contribution in [2.75, 3.05) is 19.6 Å². The second-order valence-corrected chi connectivity index (χ2v) is 9.11. The van der Waals surface area contributed by atoms with Gasteiger partial charge in [-0.3, -0.25) is 15.3 Å². The first-order valence-electron chi connectivity index (χ1n) is 10.1. The molecule has 0 saturated carbocycles. The highest BCUT2D eigenvalue weighted by atomic mass is 19.4. The molecule has 3 rings (SSSR count). The summed E-state index contributed by atoms with van der Waals surface area (Å²) in [5.74, 6) is -1.78. The van der Waals surface area contributed by atoms with E-state index in [4.69, 9.17) is 4.74 Å². The lowest BCUT2D eigenvalue weighted by Crippen LogP contribution is -2.54. The number of amides is 1. The maximum atomic E-state index is 13.7. The van der Waals surface area contributed by atoms with Crippen molar-refractivity contribution < 1.29 is 32.8 Å². The molecule has 2 unspecified atom stereocenters. The summed E-state index contributed by atoms with van der Waals surface area (Å²) < 4.78 is 46.2. The number of ether oxygens (including phenoxy) is 1. The third-order valence-electron chi connectivity index (χ3n) is 5.53. The Labute approximate surface area is 177 Å². The summed E-state index contributed by atoms with van der Waals surface area (Å²) in [6, 6.07) is -0.909. The molecule has 0 radical (unpaired) electrons. The number of rotatable bonds is 3. The first kappa shape index (κ1) is 23.2. The second-order valence-electron chi connectivity index (χ2n) is 9.11. The Hall–Kier alpha value is -2.50. The molecular formula is C19H27F3N4O5. The molecular weight excluding hydrogens is 421 g/mol. The first-order chi connectivity index (χ1) is 14.3. The number of nitrogens with one attached hydrogen (secondary N) is 1. The van der Waals surface area contributed by atoms with Crippen LogP contribution in [0.5, 0.6) is 0 Å². The first-order valence-corrected chi connectivity index (χ1v) is 10.1. The molecule has 2 heterocycles. The fourth-order valence-electron chi connectivity index (χ4n) is 4.37. The van der Waals surface area contributed by atoms with Crippen molar-refractivity contribution in [3.63, 3.8) is 0 Å². The molecule has 0 spiro atoms. The van der Waals surface area contributed by atoms with Crippen molar-refractivity contribution in [1.29, 1.82) is 0 Å². The van der Waals surface area contributed by atoms with Crippen LogP contribution in [0.15, 0.2) is 22.7 Å². The van der Waals surface area contributed by atoms with Crippen LogP contribution in [0.1, 0.15) is 46.5 Å². The summed E-state index contributed by atoms with van der Waals surface area (Å²) in [6.45, 7) is 4.04. The third kappa shape index (κ3) is 5.23. The summed E-state index contributed by atoms with van der Waals surface area (Å²) >= 11 is 0. The van der Waals surface area contributed by atoms with Crippen molar-refractivity contribution >= 4 is 6.09 Å². The molecule has 1 saturated heterocycles. The Morgan fingerprint density at radius 2 is 1.94 bits per heavy atom. The fourth-order valence-corrected chi connectivity index (χ4v) is 4.37. The number of nitrogens with zero attached hydrogens (tertiary/aromatic N) is 3. The van der Waals surface area contributed by atoms with Gasteiger partial charge in [-0.15, -0.1) is 0 Å². The van der Waals surface area contributed by atoms with E-state index in [9.17, 15) is 33.3 Å². The van der Waals surface area contributed by atoms with Crippen LogP contribution in [-0.2, 0) is 4.74 Å². The van der Waals surface area contributed by atoms with E-state index < -0.39 is 47.8 Å². The van der Waals surface area contributed by atoms with Gasteiger partial charge in [-0.2, -0.15) is 13.2 Å². The van der Waals surface area contributed by atoms with Gasteiger partial charge >= 0.3 is 12.3 Å². The van der Waals surface area contributed by atoms with Gasteiger partial charge in [-0.25, -0.2) is 9.86 Å². The van der Waals surface area contributed by atoms with Crippen LogP contribution in [0.25, 0.3) is 0 Å². The number of hydrogen-bond donors (Lipinski definition) is 2. The van der Waals surface area contributed by atoms with E-state index in [1.54, 1.807) is 20.8 Å². The number of hydroxylamine groups is 2. The van der Waals surface area contributed by atoms with Gasteiger partial charge in [0.1, 0.15) is 17.8 Å². The monoisotopic (exact) mass is 448 g/mol. The van der Waals surface area contributed by atoms with E-state index in [1.807, 2.05) is 0 Å². The van der Waals surface area contributed by atoms with Gasteiger partial charge in [0.2, 0.25) is 0 Å². The maximum absolute atomic E-state index is 13.7. The van der Waals surface area contributed by atoms with E-state index in [2.05, 4.69) is 5.32 Å². The molecule has 2 atom stereocenters. The Bertz CT molecular complexity index is 818. The molecule has 12 heteroatoms. The molecule has 9 nitrogen and oxygen atoms in total. The number of allylic oxidation sites excluding steroid dienone is 2. The number of likely N-dealkylation sites (tertiary alicyclic amines) is 1. The molecule has 0 aromatic heterocycles. The Morgan fingerprint density at radius 1 is 1.26 bits per heavy atom. The van der Waals surface area contributed by atoms with Crippen molar-refractivity contribution in [1.82, 2.24) is 15.3 Å². The summed E-state index contributed by atoms with van der Waals surface area (Å²) in [5, 5.41) is 25.1. The lowest BCUT2D eigenvalue weighted by atomic mass is 9.91. The number of carbonyl (C=O) groups is 1. The maximum Gasteiger partial charge on any atom is 0.407 e. The molecule has 0 bridgehead atoms. The Morgan fingerprint density at radius 3 is 2.52 bits per heavy atom. The molecule has 0 aromatic carbocycles. The SMILES string of the molecule is CC(C)(C)OC(=O)NC1CC(C(F)(F)F)CN(C2=C([N+](=O)[O-])CN(O)C3=C2CCC3)C1. The van der Waals surface area contributed by atoms with Crippen LogP contribution in [0.4, 0.5) is 18.0 Å². The molecule has 174 valence electrons. The summed E-state index contributed by atoms with van der Waals surface area (Å²) in [6.07, 6.45) is -4.15. The summed E-state index contributed by atoms with van der Waals surface area (Å²) in [4.78, 5) is 24.5. The van der Waals surface area contributed by atoms with Gasteiger partial charge in [-0.05, 0) is 46.5 Å². The van der Waals surface area contributed by atoms with Crippen molar-refractivity contribution in [3.05, 3.63) is 32.8 Å². The zero-order valence-electron chi connectivity index (χ0n) is 17.7. The van der Waals surface area contributed by atoms with Gasteiger partial charge in [0, 0.05) is 24.4 Å². The van der Waals surface area contributed by atoms with Gasteiger partial charge in [-0.1, -0.05) is 0 Å². The highest BCUT2D eigenvalue weighted by Gasteiger charge is 2.48. The number of carbonyl (C=O) groups excluding carboxylic acids is 1. The van der Waals surface area contributed by atoms with E-state index >= 15 is 0 Å². The molecule has 3 aliphatic rings.